The number of hydrogen-bond donors (Lipinski definition) is 1. The van der Waals surface area contributed by atoms with Crippen LogP contribution >= 0.6 is 27.5 Å². The van der Waals surface area contributed by atoms with Gasteiger partial charge in [0.1, 0.15) is 12.6 Å². The van der Waals surface area contributed by atoms with Crippen molar-refractivity contribution in [2.75, 3.05) is 10.8 Å². The summed E-state index contributed by atoms with van der Waals surface area (Å²) in [4.78, 5) is 28.1. The molecule has 0 aromatic heterocycles. The minimum atomic E-state index is -4.89. The van der Waals surface area contributed by atoms with E-state index in [1.807, 2.05) is 0 Å². The standard InChI is InChI=1S/C30H32BrClF3N3O4S/c1-19-9-12-24(13-10-19)43(41,42)38(23-11-14-26(32)25(16-23)30(33,34)35)18-27(39)37(17-21-7-6-8-22(31)15-21)20(2)28(40)36-29(3,4)5/h6-16,20H,17-18H2,1-5H3,(H,36,40). The van der Waals surface area contributed by atoms with Crippen LogP contribution in [0.5, 0.6) is 0 Å². The SMILES string of the molecule is Cc1ccc(S(=O)(=O)N(CC(=O)N(Cc2cccc(Br)c2)C(C)C(=O)NC(C)(C)C)c2ccc(Cl)c(C(F)(F)F)c2)cc1. The van der Waals surface area contributed by atoms with Gasteiger partial charge in [0.25, 0.3) is 10.0 Å². The Morgan fingerprint density at radius 3 is 2.19 bits per heavy atom. The average molecular weight is 703 g/mol. The van der Waals surface area contributed by atoms with E-state index in [4.69, 9.17) is 11.6 Å². The molecule has 3 aromatic carbocycles. The highest BCUT2D eigenvalue weighted by atomic mass is 79.9. The third-order valence-corrected chi connectivity index (χ3v) is 8.95. The molecule has 43 heavy (non-hydrogen) atoms. The fourth-order valence-electron chi connectivity index (χ4n) is 4.14. The molecule has 0 saturated carbocycles. The number of halogens is 5. The van der Waals surface area contributed by atoms with Gasteiger partial charge in [0.15, 0.2) is 0 Å². The van der Waals surface area contributed by atoms with Crippen LogP contribution in [0.1, 0.15) is 44.4 Å². The highest BCUT2D eigenvalue weighted by Gasteiger charge is 2.37. The van der Waals surface area contributed by atoms with Crippen LogP contribution in [0.2, 0.25) is 5.02 Å². The summed E-state index contributed by atoms with van der Waals surface area (Å²) in [6, 6.07) is 14.2. The number of rotatable bonds is 9. The Morgan fingerprint density at radius 2 is 1.63 bits per heavy atom. The second-order valence-electron chi connectivity index (χ2n) is 11.1. The minimum Gasteiger partial charge on any atom is -0.350 e. The summed E-state index contributed by atoms with van der Waals surface area (Å²) in [7, 11) is -4.56. The Kier molecular flexibility index (Phi) is 10.6. The zero-order valence-electron chi connectivity index (χ0n) is 24.2. The highest BCUT2D eigenvalue weighted by molar-refractivity contribution is 9.10. The molecule has 3 aromatic rings. The van der Waals surface area contributed by atoms with Crippen LogP contribution in [0.25, 0.3) is 0 Å². The van der Waals surface area contributed by atoms with Gasteiger partial charge in [-0.1, -0.05) is 57.4 Å². The number of nitrogens with one attached hydrogen (secondary N) is 1. The molecule has 0 saturated heterocycles. The van der Waals surface area contributed by atoms with Gasteiger partial charge in [-0.25, -0.2) is 8.42 Å². The summed E-state index contributed by atoms with van der Waals surface area (Å²) in [5, 5.41) is 2.19. The van der Waals surface area contributed by atoms with E-state index in [9.17, 15) is 31.2 Å². The summed E-state index contributed by atoms with van der Waals surface area (Å²) >= 11 is 9.19. The first-order valence-electron chi connectivity index (χ1n) is 13.1. The van der Waals surface area contributed by atoms with Crippen molar-refractivity contribution in [1.29, 1.82) is 0 Å². The monoisotopic (exact) mass is 701 g/mol. The molecule has 1 unspecified atom stereocenters. The number of nitrogens with zero attached hydrogens (tertiary/aromatic N) is 2. The number of amides is 2. The number of hydrogen-bond acceptors (Lipinski definition) is 4. The van der Waals surface area contributed by atoms with Crippen molar-refractivity contribution in [2.45, 2.75) is 63.8 Å². The summed E-state index contributed by atoms with van der Waals surface area (Å²) in [5.41, 5.74) is -0.913. The number of aryl methyl sites for hydroxylation is 1. The van der Waals surface area contributed by atoms with Gasteiger partial charge < -0.3 is 10.2 Å². The van der Waals surface area contributed by atoms with Gasteiger partial charge in [0.05, 0.1) is 21.2 Å². The van der Waals surface area contributed by atoms with E-state index in [1.165, 1.54) is 36.1 Å². The number of sulfonamides is 1. The number of alkyl halides is 3. The van der Waals surface area contributed by atoms with Crippen molar-refractivity contribution in [2.24, 2.45) is 0 Å². The highest BCUT2D eigenvalue weighted by Crippen LogP contribution is 2.38. The van der Waals surface area contributed by atoms with Gasteiger partial charge >= 0.3 is 6.18 Å². The lowest BCUT2D eigenvalue weighted by atomic mass is 10.1. The Bertz CT molecular complexity index is 1590. The van der Waals surface area contributed by atoms with Crippen molar-refractivity contribution < 1.29 is 31.2 Å². The normalized spacial score (nSPS) is 12.9. The van der Waals surface area contributed by atoms with E-state index >= 15 is 0 Å². The number of benzene rings is 3. The van der Waals surface area contributed by atoms with Gasteiger partial charge in [-0.3, -0.25) is 13.9 Å². The Morgan fingerprint density at radius 1 is 1.00 bits per heavy atom. The van der Waals surface area contributed by atoms with Gasteiger partial charge in [-0.15, -0.1) is 0 Å². The van der Waals surface area contributed by atoms with Gasteiger partial charge in [0.2, 0.25) is 11.8 Å². The molecule has 1 atom stereocenters. The molecular weight excluding hydrogens is 671 g/mol. The fraction of sp³-hybridized carbons (Fsp3) is 0.333. The average Bonchev–Trinajstić information content (AvgIpc) is 2.89. The molecule has 13 heteroatoms. The molecular formula is C30H32BrClF3N3O4S. The topological polar surface area (TPSA) is 86.8 Å². The van der Waals surface area contributed by atoms with Crippen LogP contribution in [0, 0.1) is 6.92 Å². The first-order valence-corrected chi connectivity index (χ1v) is 15.7. The Balaban J connectivity index is 2.13. The number of anilines is 1. The molecule has 0 radical (unpaired) electrons. The largest absolute Gasteiger partial charge is 0.417 e. The van der Waals surface area contributed by atoms with E-state index in [1.54, 1.807) is 52.0 Å². The third kappa shape index (κ3) is 8.96. The molecule has 0 aliphatic rings. The van der Waals surface area contributed by atoms with Crippen molar-refractivity contribution in [3.05, 3.63) is 92.9 Å². The predicted octanol–water partition coefficient (Wildman–Crippen LogP) is 6.96. The molecule has 2 amide bonds. The molecule has 0 bridgehead atoms. The summed E-state index contributed by atoms with van der Waals surface area (Å²) in [6.07, 6.45) is -4.89. The molecule has 7 nitrogen and oxygen atoms in total. The lowest BCUT2D eigenvalue weighted by Gasteiger charge is -2.33. The zero-order valence-corrected chi connectivity index (χ0v) is 27.3. The second-order valence-corrected chi connectivity index (χ2v) is 14.2. The number of carbonyl (C=O) groups is 2. The molecule has 1 N–H and O–H groups in total. The Hall–Kier alpha value is -3.09. The maximum Gasteiger partial charge on any atom is 0.417 e. The summed E-state index contributed by atoms with van der Waals surface area (Å²) < 4.78 is 70.4. The molecule has 0 spiro atoms. The fourth-order valence-corrected chi connectivity index (χ4v) is 6.22. The van der Waals surface area contributed by atoms with Gasteiger partial charge in [0, 0.05) is 16.6 Å². The van der Waals surface area contributed by atoms with Gasteiger partial charge in [-0.05, 0) is 82.6 Å². The second kappa shape index (κ2) is 13.3. The first-order chi connectivity index (χ1) is 19.8. The smallest absolute Gasteiger partial charge is 0.350 e. The van der Waals surface area contributed by atoms with Crippen molar-refractivity contribution in [3.63, 3.8) is 0 Å². The van der Waals surface area contributed by atoms with Crippen LogP contribution in [0.4, 0.5) is 18.9 Å². The molecule has 0 fully saturated rings. The number of carbonyl (C=O) groups excluding carboxylic acids is 2. The van der Waals surface area contributed by atoms with Gasteiger partial charge in [-0.2, -0.15) is 13.2 Å². The molecule has 0 aliphatic carbocycles. The predicted molar refractivity (Wildman–Crippen MR) is 164 cm³/mol. The molecule has 0 heterocycles. The van der Waals surface area contributed by atoms with Crippen LogP contribution in [-0.4, -0.2) is 43.3 Å². The van der Waals surface area contributed by atoms with Crippen LogP contribution < -0.4 is 9.62 Å². The van der Waals surface area contributed by atoms with Crippen LogP contribution in [0.3, 0.4) is 0 Å². The van der Waals surface area contributed by atoms with Crippen LogP contribution in [-0.2, 0) is 32.3 Å². The summed E-state index contributed by atoms with van der Waals surface area (Å²) in [5.74, 6) is -1.30. The Labute approximate surface area is 263 Å². The lowest BCUT2D eigenvalue weighted by Crippen LogP contribution is -2.54. The molecule has 3 rings (SSSR count). The van der Waals surface area contributed by atoms with E-state index in [0.717, 1.165) is 17.7 Å². The van der Waals surface area contributed by atoms with E-state index in [0.29, 0.717) is 20.4 Å². The third-order valence-electron chi connectivity index (χ3n) is 6.34. The van der Waals surface area contributed by atoms with Crippen molar-refractivity contribution in [3.8, 4) is 0 Å². The van der Waals surface area contributed by atoms with E-state index in [2.05, 4.69) is 21.2 Å². The van der Waals surface area contributed by atoms with E-state index < -0.39 is 62.4 Å². The van der Waals surface area contributed by atoms with E-state index in [-0.39, 0.29) is 11.4 Å². The molecule has 0 aliphatic heterocycles. The maximum absolute atomic E-state index is 14.0. The van der Waals surface area contributed by atoms with Crippen molar-refractivity contribution in [1.82, 2.24) is 10.2 Å². The minimum absolute atomic E-state index is 0.0795. The maximum atomic E-state index is 14.0. The molecule has 232 valence electrons. The summed E-state index contributed by atoms with van der Waals surface area (Å²) in [6.45, 7) is 7.59. The van der Waals surface area contributed by atoms with Crippen LogP contribution in [0.15, 0.2) is 76.1 Å². The lowest BCUT2D eigenvalue weighted by molar-refractivity contribution is -0.140. The quantitative estimate of drug-likeness (QED) is 0.262. The zero-order chi connectivity index (χ0) is 32.3. The first kappa shape index (κ1) is 34.4. The van der Waals surface area contributed by atoms with Crippen molar-refractivity contribution >= 4 is 55.1 Å².